The molecule has 0 saturated carbocycles. The molecule has 1 aromatic carbocycles. The normalized spacial score (nSPS) is 20.4. The Labute approximate surface area is 110 Å². The number of hydrogen-bond acceptors (Lipinski definition) is 3. The number of benzene rings is 1. The highest BCUT2D eigenvalue weighted by Gasteiger charge is 2.23. The number of phenolic OH excluding ortho intramolecular Hbond substituents is 1. The molecule has 0 bridgehead atoms. The fourth-order valence-corrected chi connectivity index (χ4v) is 2.67. The van der Waals surface area contributed by atoms with Crippen molar-refractivity contribution in [3.63, 3.8) is 0 Å². The maximum atomic E-state index is 9.50. The molecular weight excluding hydrogens is 224 g/mol. The highest BCUT2D eigenvalue weighted by molar-refractivity contribution is 5.27. The van der Waals surface area contributed by atoms with E-state index in [1.54, 1.807) is 6.07 Å². The van der Waals surface area contributed by atoms with Crippen LogP contribution < -0.4 is 5.32 Å². The van der Waals surface area contributed by atoms with Crippen LogP contribution in [0.1, 0.15) is 31.7 Å². The van der Waals surface area contributed by atoms with E-state index >= 15 is 0 Å². The molecule has 1 atom stereocenters. The van der Waals surface area contributed by atoms with E-state index in [1.165, 1.54) is 31.4 Å². The van der Waals surface area contributed by atoms with Crippen molar-refractivity contribution in [2.75, 3.05) is 19.6 Å². The number of nitrogens with one attached hydrogen (secondary N) is 1. The first-order chi connectivity index (χ1) is 8.79. The van der Waals surface area contributed by atoms with E-state index in [1.807, 2.05) is 12.1 Å². The number of nitrogens with zero attached hydrogens (tertiary/aromatic N) is 1. The molecule has 1 heterocycles. The van der Waals surface area contributed by atoms with Gasteiger partial charge in [0, 0.05) is 19.1 Å². The molecule has 1 aliphatic heterocycles. The number of likely N-dealkylation sites (tertiary alicyclic amines) is 1. The van der Waals surface area contributed by atoms with E-state index in [4.69, 9.17) is 0 Å². The van der Waals surface area contributed by atoms with Crippen molar-refractivity contribution < 1.29 is 5.11 Å². The highest BCUT2D eigenvalue weighted by Crippen LogP contribution is 2.21. The van der Waals surface area contributed by atoms with E-state index in [9.17, 15) is 5.11 Å². The summed E-state index contributed by atoms with van der Waals surface area (Å²) in [6.45, 7) is 6.52. The summed E-state index contributed by atoms with van der Waals surface area (Å²) in [6.07, 6.45) is 3.77. The van der Waals surface area contributed by atoms with Gasteiger partial charge in [-0.25, -0.2) is 0 Å². The van der Waals surface area contributed by atoms with Crippen LogP contribution in [-0.2, 0) is 6.54 Å². The zero-order chi connectivity index (χ0) is 12.8. The van der Waals surface area contributed by atoms with E-state index < -0.39 is 0 Å². The fraction of sp³-hybridized carbons (Fsp3) is 0.600. The minimum atomic E-state index is 0.368. The van der Waals surface area contributed by atoms with E-state index in [0.29, 0.717) is 11.8 Å². The van der Waals surface area contributed by atoms with Crippen molar-refractivity contribution >= 4 is 0 Å². The molecule has 0 aliphatic carbocycles. The number of phenols is 1. The Morgan fingerprint density at radius 2 is 2.33 bits per heavy atom. The standard InChI is InChI=1S/C15H24N2O/c1-2-8-16-11-14-6-4-9-17(14)12-13-5-3-7-15(18)10-13/h3,5,7,10,14,16,18H,2,4,6,8-9,11-12H2,1H3. The smallest absolute Gasteiger partial charge is 0.115 e. The largest absolute Gasteiger partial charge is 0.508 e. The Kier molecular flexibility index (Phi) is 5.02. The summed E-state index contributed by atoms with van der Waals surface area (Å²) in [5.74, 6) is 0.368. The van der Waals surface area contributed by atoms with Crippen molar-refractivity contribution in [2.45, 2.75) is 38.8 Å². The number of aromatic hydroxyl groups is 1. The number of rotatable bonds is 6. The molecule has 18 heavy (non-hydrogen) atoms. The van der Waals surface area contributed by atoms with E-state index in [0.717, 1.165) is 19.6 Å². The Bertz CT molecular complexity index is 367. The van der Waals surface area contributed by atoms with Gasteiger partial charge in [-0.15, -0.1) is 0 Å². The number of hydrogen-bond donors (Lipinski definition) is 2. The minimum Gasteiger partial charge on any atom is -0.508 e. The molecule has 1 saturated heterocycles. The molecule has 1 aliphatic rings. The summed E-state index contributed by atoms with van der Waals surface area (Å²) in [7, 11) is 0. The van der Waals surface area contributed by atoms with Crippen LogP contribution in [0.2, 0.25) is 0 Å². The Morgan fingerprint density at radius 1 is 1.44 bits per heavy atom. The van der Waals surface area contributed by atoms with Crippen LogP contribution in [0.4, 0.5) is 0 Å². The van der Waals surface area contributed by atoms with Gasteiger partial charge in [0.25, 0.3) is 0 Å². The lowest BCUT2D eigenvalue weighted by molar-refractivity contribution is 0.239. The Hall–Kier alpha value is -1.06. The maximum Gasteiger partial charge on any atom is 0.115 e. The van der Waals surface area contributed by atoms with Crippen molar-refractivity contribution in [3.05, 3.63) is 29.8 Å². The Balaban J connectivity index is 1.87. The molecule has 0 amide bonds. The van der Waals surface area contributed by atoms with Gasteiger partial charge >= 0.3 is 0 Å². The summed E-state index contributed by atoms with van der Waals surface area (Å²) in [6, 6.07) is 8.27. The summed E-state index contributed by atoms with van der Waals surface area (Å²) >= 11 is 0. The van der Waals surface area contributed by atoms with E-state index in [2.05, 4.69) is 23.2 Å². The second-order valence-electron chi connectivity index (χ2n) is 5.14. The third kappa shape index (κ3) is 3.72. The van der Waals surface area contributed by atoms with Crippen LogP contribution in [0, 0.1) is 0 Å². The zero-order valence-corrected chi connectivity index (χ0v) is 11.2. The fourth-order valence-electron chi connectivity index (χ4n) is 2.67. The topological polar surface area (TPSA) is 35.5 Å². The minimum absolute atomic E-state index is 0.368. The van der Waals surface area contributed by atoms with Gasteiger partial charge in [0.2, 0.25) is 0 Å². The third-order valence-corrected chi connectivity index (χ3v) is 3.60. The zero-order valence-electron chi connectivity index (χ0n) is 11.2. The first kappa shape index (κ1) is 13.4. The molecule has 0 radical (unpaired) electrons. The molecule has 1 unspecified atom stereocenters. The third-order valence-electron chi connectivity index (χ3n) is 3.60. The SMILES string of the molecule is CCCNCC1CCCN1Cc1cccc(O)c1. The first-order valence-corrected chi connectivity index (χ1v) is 7.02. The molecular formula is C15H24N2O. The van der Waals surface area contributed by atoms with Gasteiger partial charge in [0.1, 0.15) is 5.75 Å². The van der Waals surface area contributed by atoms with Crippen molar-refractivity contribution in [1.29, 1.82) is 0 Å². The molecule has 100 valence electrons. The van der Waals surface area contributed by atoms with Crippen LogP contribution in [0.25, 0.3) is 0 Å². The second kappa shape index (κ2) is 6.76. The molecule has 2 N–H and O–H groups in total. The summed E-state index contributed by atoms with van der Waals surface area (Å²) in [5.41, 5.74) is 1.21. The lowest BCUT2D eigenvalue weighted by Gasteiger charge is -2.24. The van der Waals surface area contributed by atoms with Crippen molar-refractivity contribution in [2.24, 2.45) is 0 Å². The predicted octanol–water partition coefficient (Wildman–Crippen LogP) is 2.36. The summed E-state index contributed by atoms with van der Waals surface area (Å²) in [4.78, 5) is 2.53. The monoisotopic (exact) mass is 248 g/mol. The molecule has 1 fully saturated rings. The van der Waals surface area contributed by atoms with Crippen molar-refractivity contribution in [3.8, 4) is 5.75 Å². The molecule has 1 aromatic rings. The quantitative estimate of drug-likeness (QED) is 0.759. The lowest BCUT2D eigenvalue weighted by Crippen LogP contribution is -2.37. The molecule has 3 heteroatoms. The van der Waals surface area contributed by atoms with Crippen LogP contribution in [-0.4, -0.2) is 35.7 Å². The van der Waals surface area contributed by atoms with Gasteiger partial charge < -0.3 is 10.4 Å². The van der Waals surface area contributed by atoms with Crippen LogP contribution in [0.3, 0.4) is 0 Å². The predicted molar refractivity (Wildman–Crippen MR) is 74.7 cm³/mol. The van der Waals surface area contributed by atoms with Crippen LogP contribution in [0.5, 0.6) is 5.75 Å². The maximum absolute atomic E-state index is 9.50. The van der Waals surface area contributed by atoms with Crippen LogP contribution in [0.15, 0.2) is 24.3 Å². The van der Waals surface area contributed by atoms with Gasteiger partial charge in [-0.2, -0.15) is 0 Å². The van der Waals surface area contributed by atoms with Gasteiger partial charge in [-0.05, 0) is 50.0 Å². The molecule has 3 nitrogen and oxygen atoms in total. The summed E-state index contributed by atoms with van der Waals surface area (Å²) in [5, 5.41) is 13.0. The average Bonchev–Trinajstić information content (AvgIpc) is 2.77. The van der Waals surface area contributed by atoms with Gasteiger partial charge in [0.15, 0.2) is 0 Å². The van der Waals surface area contributed by atoms with E-state index in [-0.39, 0.29) is 0 Å². The molecule has 0 aromatic heterocycles. The molecule has 0 spiro atoms. The highest BCUT2D eigenvalue weighted by atomic mass is 16.3. The van der Waals surface area contributed by atoms with Crippen molar-refractivity contribution in [1.82, 2.24) is 10.2 Å². The summed E-state index contributed by atoms with van der Waals surface area (Å²) < 4.78 is 0. The first-order valence-electron chi connectivity index (χ1n) is 7.02. The Morgan fingerprint density at radius 3 is 3.11 bits per heavy atom. The van der Waals surface area contributed by atoms with Gasteiger partial charge in [-0.3, -0.25) is 4.90 Å². The van der Waals surface area contributed by atoms with Gasteiger partial charge in [-0.1, -0.05) is 19.1 Å². The van der Waals surface area contributed by atoms with Crippen LogP contribution >= 0.6 is 0 Å². The van der Waals surface area contributed by atoms with Gasteiger partial charge in [0.05, 0.1) is 0 Å². The lowest BCUT2D eigenvalue weighted by atomic mass is 10.1. The molecule has 2 rings (SSSR count). The second-order valence-corrected chi connectivity index (χ2v) is 5.14. The average molecular weight is 248 g/mol.